The second-order valence-electron chi connectivity index (χ2n) is 5.95. The van der Waals surface area contributed by atoms with E-state index in [2.05, 4.69) is 5.32 Å². The van der Waals surface area contributed by atoms with Gasteiger partial charge in [0, 0.05) is 5.56 Å². The second-order valence-corrected chi connectivity index (χ2v) is 5.95. The molecule has 0 bridgehead atoms. The molecule has 0 heterocycles. The van der Waals surface area contributed by atoms with Crippen molar-refractivity contribution in [3.05, 3.63) is 35.4 Å². The Morgan fingerprint density at radius 1 is 1.26 bits per heavy atom. The molecule has 102 valence electrons. The summed E-state index contributed by atoms with van der Waals surface area (Å²) in [4.78, 5) is 22.4. The molecule has 0 unspecified atom stereocenters. The van der Waals surface area contributed by atoms with Crippen LogP contribution in [-0.4, -0.2) is 18.0 Å². The Labute approximate surface area is 113 Å². The van der Waals surface area contributed by atoms with Crippen LogP contribution in [0.4, 0.5) is 4.79 Å². The molecule has 2 rings (SSSR count). The molecule has 1 aromatic carbocycles. The maximum atomic E-state index is 11.8. The second kappa shape index (κ2) is 4.68. The highest BCUT2D eigenvalue weighted by Crippen LogP contribution is 2.45. The van der Waals surface area contributed by atoms with Gasteiger partial charge >= 0.3 is 6.09 Å². The zero-order valence-corrected chi connectivity index (χ0v) is 11.5. The van der Waals surface area contributed by atoms with Crippen molar-refractivity contribution < 1.29 is 14.3 Å². The first-order valence-electron chi connectivity index (χ1n) is 6.42. The van der Waals surface area contributed by atoms with Gasteiger partial charge in [0.2, 0.25) is 0 Å². The Kier molecular flexibility index (Phi) is 3.35. The van der Waals surface area contributed by atoms with E-state index in [-0.39, 0.29) is 5.54 Å². The van der Waals surface area contributed by atoms with E-state index in [0.29, 0.717) is 5.56 Å². The molecule has 1 aromatic rings. The van der Waals surface area contributed by atoms with Crippen molar-refractivity contribution in [3.8, 4) is 0 Å². The van der Waals surface area contributed by atoms with Gasteiger partial charge in [-0.3, -0.25) is 4.79 Å². The lowest BCUT2D eigenvalue weighted by Crippen LogP contribution is -2.39. The maximum Gasteiger partial charge on any atom is 0.408 e. The number of carbonyl (C=O) groups is 2. The van der Waals surface area contributed by atoms with Crippen LogP contribution in [-0.2, 0) is 10.3 Å². The number of benzene rings is 1. The molecule has 4 heteroatoms. The summed E-state index contributed by atoms with van der Waals surface area (Å²) < 4.78 is 5.27. The van der Waals surface area contributed by atoms with Gasteiger partial charge in [0.25, 0.3) is 0 Å². The van der Waals surface area contributed by atoms with E-state index < -0.39 is 11.7 Å². The van der Waals surface area contributed by atoms with Crippen LogP contribution in [0.3, 0.4) is 0 Å². The first-order valence-corrected chi connectivity index (χ1v) is 6.42. The standard InChI is InChI=1S/C15H19NO3/c1-14(2,3)19-13(18)16-15(8-9-15)12-6-4-11(10-17)5-7-12/h4-7,10H,8-9H2,1-3H3,(H,16,18). The quantitative estimate of drug-likeness (QED) is 0.851. The van der Waals surface area contributed by atoms with E-state index in [0.717, 1.165) is 24.7 Å². The smallest absolute Gasteiger partial charge is 0.408 e. The Morgan fingerprint density at radius 3 is 2.26 bits per heavy atom. The molecule has 0 atom stereocenters. The van der Waals surface area contributed by atoms with Gasteiger partial charge in [0.05, 0.1) is 5.54 Å². The van der Waals surface area contributed by atoms with E-state index in [4.69, 9.17) is 4.74 Å². The van der Waals surface area contributed by atoms with E-state index >= 15 is 0 Å². The SMILES string of the molecule is CC(C)(C)OC(=O)NC1(c2ccc(C=O)cc2)CC1. The Morgan fingerprint density at radius 2 is 1.84 bits per heavy atom. The van der Waals surface area contributed by atoms with Crippen molar-refractivity contribution in [3.63, 3.8) is 0 Å². The number of hydrogen-bond donors (Lipinski definition) is 1. The molecule has 1 N–H and O–H groups in total. The number of amides is 1. The Hall–Kier alpha value is -1.84. The third-order valence-electron chi connectivity index (χ3n) is 3.09. The third-order valence-corrected chi connectivity index (χ3v) is 3.09. The fourth-order valence-electron chi connectivity index (χ4n) is 1.99. The van der Waals surface area contributed by atoms with Crippen molar-refractivity contribution in [2.75, 3.05) is 0 Å². The zero-order valence-electron chi connectivity index (χ0n) is 11.5. The average molecular weight is 261 g/mol. The average Bonchev–Trinajstić information content (AvgIpc) is 3.07. The molecule has 0 aromatic heterocycles. The lowest BCUT2D eigenvalue weighted by atomic mass is 10.0. The number of hydrogen-bond acceptors (Lipinski definition) is 3. The van der Waals surface area contributed by atoms with Gasteiger partial charge in [-0.05, 0) is 39.2 Å². The van der Waals surface area contributed by atoms with Crippen molar-refractivity contribution >= 4 is 12.4 Å². The van der Waals surface area contributed by atoms with Crippen LogP contribution in [0.15, 0.2) is 24.3 Å². The molecule has 1 aliphatic rings. The highest BCUT2D eigenvalue weighted by Gasteiger charge is 2.46. The predicted octanol–water partition coefficient (Wildman–Crippen LogP) is 3.01. The minimum absolute atomic E-state index is 0.316. The van der Waals surface area contributed by atoms with E-state index in [9.17, 15) is 9.59 Å². The summed E-state index contributed by atoms with van der Waals surface area (Å²) >= 11 is 0. The summed E-state index contributed by atoms with van der Waals surface area (Å²) in [6, 6.07) is 7.29. The third kappa shape index (κ3) is 3.34. The molecule has 0 spiro atoms. The monoisotopic (exact) mass is 261 g/mol. The first kappa shape index (κ1) is 13.6. The molecule has 0 radical (unpaired) electrons. The van der Waals surface area contributed by atoms with Crippen LogP contribution in [0, 0.1) is 0 Å². The normalized spacial score (nSPS) is 16.6. The summed E-state index contributed by atoms with van der Waals surface area (Å²) in [7, 11) is 0. The van der Waals surface area contributed by atoms with Gasteiger partial charge in [-0.2, -0.15) is 0 Å². The van der Waals surface area contributed by atoms with Crippen LogP contribution >= 0.6 is 0 Å². The van der Waals surface area contributed by atoms with Gasteiger partial charge < -0.3 is 10.1 Å². The minimum Gasteiger partial charge on any atom is -0.444 e. The largest absolute Gasteiger partial charge is 0.444 e. The zero-order chi connectivity index (χ0) is 14.1. The van der Waals surface area contributed by atoms with Crippen LogP contribution in [0.2, 0.25) is 0 Å². The topological polar surface area (TPSA) is 55.4 Å². The number of aldehydes is 1. The molecule has 1 saturated carbocycles. The summed E-state index contributed by atoms with van der Waals surface area (Å²) in [6.07, 6.45) is 2.20. The number of rotatable bonds is 3. The molecule has 4 nitrogen and oxygen atoms in total. The summed E-state index contributed by atoms with van der Waals surface area (Å²) in [5, 5.41) is 2.93. The molecule has 19 heavy (non-hydrogen) atoms. The molecule has 1 fully saturated rings. The van der Waals surface area contributed by atoms with Gasteiger partial charge in [0.1, 0.15) is 11.9 Å². The Bertz CT molecular complexity index is 481. The molecular weight excluding hydrogens is 242 g/mol. The lowest BCUT2D eigenvalue weighted by Gasteiger charge is -2.23. The lowest BCUT2D eigenvalue weighted by molar-refractivity contribution is 0.0495. The van der Waals surface area contributed by atoms with Gasteiger partial charge in [-0.25, -0.2) is 4.79 Å². The van der Waals surface area contributed by atoms with Gasteiger partial charge in [0.15, 0.2) is 0 Å². The van der Waals surface area contributed by atoms with Crippen LogP contribution in [0.25, 0.3) is 0 Å². The Balaban J connectivity index is 2.06. The van der Waals surface area contributed by atoms with Crippen LogP contribution in [0.1, 0.15) is 49.5 Å². The maximum absolute atomic E-state index is 11.8. The van der Waals surface area contributed by atoms with Crippen molar-refractivity contribution in [1.82, 2.24) is 5.32 Å². The highest BCUT2D eigenvalue weighted by atomic mass is 16.6. The number of nitrogens with one attached hydrogen (secondary N) is 1. The molecule has 0 aliphatic heterocycles. The van der Waals surface area contributed by atoms with Crippen molar-refractivity contribution in [2.24, 2.45) is 0 Å². The van der Waals surface area contributed by atoms with Crippen LogP contribution < -0.4 is 5.32 Å². The summed E-state index contributed by atoms with van der Waals surface area (Å²) in [5.74, 6) is 0. The summed E-state index contributed by atoms with van der Waals surface area (Å²) in [5.41, 5.74) is 0.839. The first-order chi connectivity index (χ1) is 8.85. The molecular formula is C15H19NO3. The fourth-order valence-corrected chi connectivity index (χ4v) is 1.99. The van der Waals surface area contributed by atoms with Gasteiger partial charge in [-0.1, -0.05) is 24.3 Å². The number of ether oxygens (including phenoxy) is 1. The van der Waals surface area contributed by atoms with Crippen LogP contribution in [0.5, 0.6) is 0 Å². The summed E-state index contributed by atoms with van der Waals surface area (Å²) in [6.45, 7) is 5.51. The fraction of sp³-hybridized carbons (Fsp3) is 0.467. The van der Waals surface area contributed by atoms with Gasteiger partial charge in [-0.15, -0.1) is 0 Å². The molecule has 0 saturated heterocycles. The van der Waals surface area contributed by atoms with E-state index in [1.807, 2.05) is 32.9 Å². The minimum atomic E-state index is -0.498. The van der Waals surface area contributed by atoms with Crippen molar-refractivity contribution in [1.29, 1.82) is 0 Å². The predicted molar refractivity (Wildman–Crippen MR) is 72.1 cm³/mol. The number of carbonyl (C=O) groups excluding carboxylic acids is 2. The molecule has 1 amide bonds. The highest BCUT2D eigenvalue weighted by molar-refractivity contribution is 5.75. The van der Waals surface area contributed by atoms with Crippen molar-refractivity contribution in [2.45, 2.75) is 44.8 Å². The molecule has 1 aliphatic carbocycles. The number of alkyl carbamates (subject to hydrolysis) is 1. The van der Waals surface area contributed by atoms with E-state index in [1.54, 1.807) is 12.1 Å². The van der Waals surface area contributed by atoms with E-state index in [1.165, 1.54) is 0 Å².